The number of carbonyl (C=O) groups is 2. The summed E-state index contributed by atoms with van der Waals surface area (Å²) in [7, 11) is 0. The van der Waals surface area contributed by atoms with E-state index in [4.69, 9.17) is 5.11 Å². The Balaban J connectivity index is 1.91. The molecule has 1 aromatic carbocycles. The van der Waals surface area contributed by atoms with E-state index in [1.165, 1.54) is 12.1 Å². The van der Waals surface area contributed by atoms with Gasteiger partial charge in [-0.2, -0.15) is 0 Å². The third kappa shape index (κ3) is 5.73. The minimum absolute atomic E-state index is 0.00253. The van der Waals surface area contributed by atoms with Crippen molar-refractivity contribution in [3.8, 4) is 0 Å². The van der Waals surface area contributed by atoms with Crippen molar-refractivity contribution in [2.45, 2.75) is 51.0 Å². The predicted molar refractivity (Wildman–Crippen MR) is 93.3 cm³/mol. The predicted octanol–water partition coefficient (Wildman–Crippen LogP) is 3.97. The van der Waals surface area contributed by atoms with Crippen molar-refractivity contribution >= 4 is 17.8 Å². The van der Waals surface area contributed by atoms with Crippen LogP contribution in [-0.2, 0) is 9.59 Å². The van der Waals surface area contributed by atoms with Gasteiger partial charge in [-0.1, -0.05) is 31.4 Å². The average Bonchev–Trinajstić information content (AvgIpc) is 2.83. The molecule has 1 fully saturated rings. The highest BCUT2D eigenvalue weighted by Crippen LogP contribution is 2.34. The number of halogens is 2. The lowest BCUT2D eigenvalue weighted by atomic mass is 9.88. The molecule has 0 amide bonds. The molecule has 1 aliphatic carbocycles. The van der Waals surface area contributed by atoms with Gasteiger partial charge >= 0.3 is 5.97 Å². The van der Waals surface area contributed by atoms with Gasteiger partial charge in [0.2, 0.25) is 0 Å². The highest BCUT2D eigenvalue weighted by molar-refractivity contribution is 5.84. The number of aliphatic hydroxyl groups excluding tert-OH is 1. The standard InChI is InChI=1S/C20H24F2O4/c21-14-9-7-13(17(22)11-14)8-10-16-15(18(23)12-19(16)24)5-3-1-2-4-6-20(25)26/h7-11,15-16,19,24H,1-6,12H2,(H,25,26)/b10-8+. The summed E-state index contributed by atoms with van der Waals surface area (Å²) in [6.45, 7) is 0. The summed E-state index contributed by atoms with van der Waals surface area (Å²) in [5.41, 5.74) is 0.213. The maximum atomic E-state index is 13.7. The molecule has 0 radical (unpaired) electrons. The molecular weight excluding hydrogens is 342 g/mol. The van der Waals surface area contributed by atoms with Crippen LogP contribution in [0.3, 0.4) is 0 Å². The highest BCUT2D eigenvalue weighted by atomic mass is 19.1. The van der Waals surface area contributed by atoms with Gasteiger partial charge in [0.05, 0.1) is 6.10 Å². The minimum Gasteiger partial charge on any atom is -0.481 e. The Hall–Kier alpha value is -2.08. The topological polar surface area (TPSA) is 74.6 Å². The third-order valence-corrected chi connectivity index (χ3v) is 4.85. The van der Waals surface area contributed by atoms with Gasteiger partial charge in [-0.25, -0.2) is 8.78 Å². The maximum Gasteiger partial charge on any atom is 0.303 e. The normalized spacial score (nSPS) is 23.0. The van der Waals surface area contributed by atoms with Crippen molar-refractivity contribution in [1.82, 2.24) is 0 Å². The zero-order chi connectivity index (χ0) is 19.1. The minimum atomic E-state index is -0.808. The fourth-order valence-electron chi connectivity index (χ4n) is 3.44. The largest absolute Gasteiger partial charge is 0.481 e. The Morgan fingerprint density at radius 1 is 1.19 bits per heavy atom. The van der Waals surface area contributed by atoms with Crippen molar-refractivity contribution in [3.63, 3.8) is 0 Å². The van der Waals surface area contributed by atoms with E-state index in [1.54, 1.807) is 6.08 Å². The van der Waals surface area contributed by atoms with Gasteiger partial charge in [0.15, 0.2) is 0 Å². The van der Waals surface area contributed by atoms with Crippen molar-refractivity contribution < 1.29 is 28.6 Å². The first-order valence-electron chi connectivity index (χ1n) is 8.94. The number of hydrogen-bond acceptors (Lipinski definition) is 3. The number of ketones is 1. The Morgan fingerprint density at radius 3 is 2.62 bits per heavy atom. The van der Waals surface area contributed by atoms with E-state index < -0.39 is 23.7 Å². The molecule has 0 aromatic heterocycles. The molecular formula is C20H24F2O4. The van der Waals surface area contributed by atoms with E-state index in [1.807, 2.05) is 0 Å². The summed E-state index contributed by atoms with van der Waals surface area (Å²) < 4.78 is 26.7. The Bertz CT molecular complexity index is 672. The molecule has 1 aromatic rings. The Kier molecular flexibility index (Phi) is 7.45. The number of carboxylic acid groups (broad SMARTS) is 1. The molecule has 6 heteroatoms. The van der Waals surface area contributed by atoms with Crippen LogP contribution in [0.5, 0.6) is 0 Å². The first-order valence-corrected chi connectivity index (χ1v) is 8.94. The quantitative estimate of drug-likeness (QED) is 0.649. The van der Waals surface area contributed by atoms with E-state index in [-0.39, 0.29) is 36.0 Å². The molecule has 2 N–H and O–H groups in total. The van der Waals surface area contributed by atoms with Crippen LogP contribution in [0.2, 0.25) is 0 Å². The maximum absolute atomic E-state index is 13.7. The van der Waals surface area contributed by atoms with E-state index in [0.717, 1.165) is 31.4 Å². The molecule has 0 aliphatic heterocycles. The molecule has 1 saturated carbocycles. The smallest absolute Gasteiger partial charge is 0.303 e. The van der Waals surface area contributed by atoms with Crippen molar-refractivity contribution in [1.29, 1.82) is 0 Å². The van der Waals surface area contributed by atoms with E-state index in [2.05, 4.69) is 0 Å². The molecule has 26 heavy (non-hydrogen) atoms. The summed E-state index contributed by atoms with van der Waals surface area (Å²) in [6, 6.07) is 3.28. The van der Waals surface area contributed by atoms with Crippen molar-refractivity contribution in [3.05, 3.63) is 41.5 Å². The van der Waals surface area contributed by atoms with Gasteiger partial charge in [0, 0.05) is 36.3 Å². The van der Waals surface area contributed by atoms with Crippen LogP contribution in [0.25, 0.3) is 6.08 Å². The van der Waals surface area contributed by atoms with Crippen molar-refractivity contribution in [2.75, 3.05) is 0 Å². The summed E-state index contributed by atoms with van der Waals surface area (Å²) in [6.07, 6.45) is 6.19. The number of hydrogen-bond donors (Lipinski definition) is 2. The van der Waals surface area contributed by atoms with Crippen LogP contribution in [0.1, 0.15) is 50.5 Å². The molecule has 0 saturated heterocycles. The number of carbonyl (C=O) groups excluding carboxylic acids is 1. The number of unbranched alkanes of at least 4 members (excludes halogenated alkanes) is 3. The first-order chi connectivity index (χ1) is 12.4. The Labute approximate surface area is 151 Å². The molecule has 0 spiro atoms. The SMILES string of the molecule is O=C(O)CCCCCCC1C(=O)CC(O)C1/C=C/c1ccc(F)cc1F. The molecule has 0 bridgehead atoms. The van der Waals surface area contributed by atoms with Crippen LogP contribution in [0, 0.1) is 23.5 Å². The van der Waals surface area contributed by atoms with Crippen LogP contribution in [0.4, 0.5) is 8.78 Å². The molecule has 3 unspecified atom stereocenters. The number of aliphatic carboxylic acids is 1. The van der Waals surface area contributed by atoms with E-state index in [9.17, 15) is 23.5 Å². The second kappa shape index (κ2) is 9.57. The van der Waals surface area contributed by atoms with Gasteiger partial charge in [-0.05, 0) is 25.0 Å². The number of Topliss-reactive ketones (excluding diaryl/α,β-unsaturated/α-hetero) is 1. The van der Waals surface area contributed by atoms with Gasteiger partial charge < -0.3 is 10.2 Å². The number of rotatable bonds is 9. The van der Waals surface area contributed by atoms with Gasteiger partial charge in [0.25, 0.3) is 0 Å². The first kappa shape index (κ1) is 20.2. The second-order valence-corrected chi connectivity index (χ2v) is 6.79. The van der Waals surface area contributed by atoms with E-state index >= 15 is 0 Å². The fourth-order valence-corrected chi connectivity index (χ4v) is 3.44. The lowest BCUT2D eigenvalue weighted by Gasteiger charge is -2.17. The summed E-state index contributed by atoms with van der Waals surface area (Å²) in [5, 5.41) is 18.7. The summed E-state index contributed by atoms with van der Waals surface area (Å²) in [5.74, 6) is -2.85. The molecule has 2 rings (SSSR count). The molecule has 0 heterocycles. The molecule has 4 nitrogen and oxygen atoms in total. The summed E-state index contributed by atoms with van der Waals surface area (Å²) in [4.78, 5) is 22.6. The second-order valence-electron chi connectivity index (χ2n) is 6.79. The van der Waals surface area contributed by atoms with Gasteiger partial charge in [0.1, 0.15) is 17.4 Å². The fraction of sp³-hybridized carbons (Fsp3) is 0.500. The zero-order valence-corrected chi connectivity index (χ0v) is 14.5. The van der Waals surface area contributed by atoms with Crippen molar-refractivity contribution in [2.24, 2.45) is 11.8 Å². The van der Waals surface area contributed by atoms with Crippen LogP contribution < -0.4 is 0 Å². The zero-order valence-electron chi connectivity index (χ0n) is 14.5. The summed E-state index contributed by atoms with van der Waals surface area (Å²) >= 11 is 0. The average molecular weight is 366 g/mol. The lowest BCUT2D eigenvalue weighted by molar-refractivity contribution is -0.137. The van der Waals surface area contributed by atoms with Gasteiger partial charge in [-0.3, -0.25) is 9.59 Å². The molecule has 142 valence electrons. The third-order valence-electron chi connectivity index (χ3n) is 4.85. The lowest BCUT2D eigenvalue weighted by Crippen LogP contribution is -2.18. The van der Waals surface area contributed by atoms with Crippen LogP contribution in [0.15, 0.2) is 24.3 Å². The van der Waals surface area contributed by atoms with Crippen LogP contribution >= 0.6 is 0 Å². The molecule has 3 atom stereocenters. The number of benzene rings is 1. The van der Waals surface area contributed by atoms with Crippen LogP contribution in [-0.4, -0.2) is 28.1 Å². The van der Waals surface area contributed by atoms with Gasteiger partial charge in [-0.15, -0.1) is 0 Å². The highest BCUT2D eigenvalue weighted by Gasteiger charge is 2.39. The molecule has 1 aliphatic rings. The number of aliphatic hydroxyl groups is 1. The number of carboxylic acids is 1. The van der Waals surface area contributed by atoms with E-state index in [0.29, 0.717) is 12.8 Å². The Morgan fingerprint density at radius 2 is 1.92 bits per heavy atom. The monoisotopic (exact) mass is 366 g/mol.